The maximum Gasteiger partial charge on any atom is 0.241 e. The van der Waals surface area contributed by atoms with Crippen LogP contribution in [-0.2, 0) is 19.5 Å². The Bertz CT molecular complexity index is 924. The number of nitrogens with zero attached hydrogens (tertiary/aromatic N) is 3. The molecule has 146 valence electrons. The van der Waals surface area contributed by atoms with Gasteiger partial charge in [0.25, 0.3) is 0 Å². The minimum atomic E-state index is 0.618. The van der Waals surface area contributed by atoms with Crippen LogP contribution in [0.25, 0.3) is 11.4 Å². The van der Waals surface area contributed by atoms with Crippen LogP contribution in [0.2, 0.25) is 0 Å². The quantitative estimate of drug-likeness (QED) is 0.616. The van der Waals surface area contributed by atoms with Crippen LogP contribution in [-0.4, -0.2) is 34.8 Å². The molecule has 1 aliphatic rings. The van der Waals surface area contributed by atoms with Crippen molar-refractivity contribution in [3.05, 3.63) is 59.5 Å². The third-order valence-corrected chi connectivity index (χ3v) is 4.82. The van der Waals surface area contributed by atoms with Gasteiger partial charge in [0.1, 0.15) is 0 Å². The lowest BCUT2D eigenvalue weighted by molar-refractivity contribution is 0.209. The van der Waals surface area contributed by atoms with Crippen LogP contribution in [0.5, 0.6) is 11.5 Å². The predicted molar refractivity (Wildman–Crippen MR) is 106 cm³/mol. The molecule has 1 aromatic heterocycles. The molecular formula is C22H25N3O3. The molecule has 0 aliphatic carbocycles. The standard InChI is InChI=1S/C22H25N3O3/c1-3-26-19-12-17-10-11-25(14-18(17)13-20(19)27-4-2)15-21-23-22(24-28-21)16-8-6-5-7-9-16/h5-9,12-13H,3-4,10-11,14-15H2,1-2H3. The fourth-order valence-corrected chi connectivity index (χ4v) is 3.51. The van der Waals surface area contributed by atoms with E-state index in [0.717, 1.165) is 36.6 Å². The number of aromatic nitrogens is 2. The Morgan fingerprint density at radius 2 is 1.71 bits per heavy atom. The van der Waals surface area contributed by atoms with Gasteiger partial charge in [-0.25, -0.2) is 0 Å². The van der Waals surface area contributed by atoms with Crippen LogP contribution in [0.1, 0.15) is 30.9 Å². The van der Waals surface area contributed by atoms with Gasteiger partial charge in [-0.15, -0.1) is 0 Å². The summed E-state index contributed by atoms with van der Waals surface area (Å²) < 4.78 is 17.0. The van der Waals surface area contributed by atoms with E-state index in [2.05, 4.69) is 27.2 Å². The highest BCUT2D eigenvalue weighted by molar-refractivity contribution is 5.53. The molecule has 0 bridgehead atoms. The molecule has 0 N–H and O–H groups in total. The summed E-state index contributed by atoms with van der Waals surface area (Å²) in [6.45, 7) is 7.63. The van der Waals surface area contributed by atoms with E-state index in [-0.39, 0.29) is 0 Å². The van der Waals surface area contributed by atoms with Crippen LogP contribution >= 0.6 is 0 Å². The number of rotatable bonds is 7. The summed E-state index contributed by atoms with van der Waals surface area (Å²) >= 11 is 0. The summed E-state index contributed by atoms with van der Waals surface area (Å²) in [7, 11) is 0. The minimum Gasteiger partial charge on any atom is -0.490 e. The van der Waals surface area contributed by atoms with Crippen molar-refractivity contribution in [2.24, 2.45) is 0 Å². The van der Waals surface area contributed by atoms with Gasteiger partial charge in [-0.1, -0.05) is 35.5 Å². The van der Waals surface area contributed by atoms with Crippen molar-refractivity contribution in [3.63, 3.8) is 0 Å². The fourth-order valence-electron chi connectivity index (χ4n) is 3.51. The van der Waals surface area contributed by atoms with Crippen molar-refractivity contribution in [2.45, 2.75) is 33.4 Å². The first-order chi connectivity index (χ1) is 13.8. The highest BCUT2D eigenvalue weighted by Crippen LogP contribution is 2.34. The smallest absolute Gasteiger partial charge is 0.241 e. The monoisotopic (exact) mass is 379 g/mol. The van der Waals surface area contributed by atoms with E-state index in [9.17, 15) is 0 Å². The van der Waals surface area contributed by atoms with Crippen molar-refractivity contribution in [1.29, 1.82) is 0 Å². The summed E-state index contributed by atoms with van der Waals surface area (Å²) in [6.07, 6.45) is 0.960. The molecule has 0 fully saturated rings. The Kier molecular flexibility index (Phi) is 5.58. The number of ether oxygens (including phenoxy) is 2. The number of hydrogen-bond acceptors (Lipinski definition) is 6. The average molecular weight is 379 g/mol. The molecule has 6 nitrogen and oxygen atoms in total. The van der Waals surface area contributed by atoms with Gasteiger partial charge in [-0.3, -0.25) is 4.90 Å². The first-order valence-electron chi connectivity index (χ1n) is 9.78. The molecule has 2 aromatic carbocycles. The maximum atomic E-state index is 5.78. The first-order valence-corrected chi connectivity index (χ1v) is 9.78. The molecule has 2 heterocycles. The molecule has 6 heteroatoms. The van der Waals surface area contributed by atoms with Crippen molar-refractivity contribution >= 4 is 0 Å². The average Bonchev–Trinajstić information content (AvgIpc) is 3.18. The van der Waals surface area contributed by atoms with Crippen LogP contribution in [0.15, 0.2) is 47.0 Å². The largest absolute Gasteiger partial charge is 0.490 e. The lowest BCUT2D eigenvalue weighted by Crippen LogP contribution is -2.30. The van der Waals surface area contributed by atoms with Gasteiger partial charge in [0.2, 0.25) is 11.7 Å². The number of fused-ring (bicyclic) bond motifs is 1. The van der Waals surface area contributed by atoms with Crippen LogP contribution in [0.4, 0.5) is 0 Å². The Morgan fingerprint density at radius 1 is 1.00 bits per heavy atom. The van der Waals surface area contributed by atoms with E-state index in [0.29, 0.717) is 31.5 Å². The highest BCUT2D eigenvalue weighted by Gasteiger charge is 2.21. The van der Waals surface area contributed by atoms with Gasteiger partial charge >= 0.3 is 0 Å². The van der Waals surface area contributed by atoms with Crippen molar-refractivity contribution in [2.75, 3.05) is 19.8 Å². The van der Waals surface area contributed by atoms with Gasteiger partial charge < -0.3 is 14.0 Å². The van der Waals surface area contributed by atoms with Gasteiger partial charge in [0.05, 0.1) is 19.8 Å². The Labute approximate surface area is 165 Å². The van der Waals surface area contributed by atoms with Gasteiger partial charge in [0, 0.05) is 18.7 Å². The van der Waals surface area contributed by atoms with Crippen molar-refractivity contribution in [1.82, 2.24) is 15.0 Å². The Hall–Kier alpha value is -2.86. The molecule has 0 saturated carbocycles. The topological polar surface area (TPSA) is 60.6 Å². The molecule has 0 saturated heterocycles. The molecular weight excluding hydrogens is 354 g/mol. The summed E-state index contributed by atoms with van der Waals surface area (Å²) in [5.41, 5.74) is 3.55. The molecule has 0 radical (unpaired) electrons. The zero-order valence-corrected chi connectivity index (χ0v) is 16.4. The summed E-state index contributed by atoms with van der Waals surface area (Å²) in [4.78, 5) is 6.87. The second kappa shape index (κ2) is 8.44. The third-order valence-electron chi connectivity index (χ3n) is 4.82. The highest BCUT2D eigenvalue weighted by atomic mass is 16.5. The zero-order valence-electron chi connectivity index (χ0n) is 16.4. The van der Waals surface area contributed by atoms with Crippen molar-refractivity contribution < 1.29 is 14.0 Å². The van der Waals surface area contributed by atoms with Crippen molar-refractivity contribution in [3.8, 4) is 22.9 Å². The second-order valence-electron chi connectivity index (χ2n) is 6.77. The number of hydrogen-bond donors (Lipinski definition) is 0. The molecule has 1 aliphatic heterocycles. The van der Waals surface area contributed by atoms with Gasteiger partial charge in [0.15, 0.2) is 11.5 Å². The molecule has 0 unspecified atom stereocenters. The van der Waals surface area contributed by atoms with E-state index >= 15 is 0 Å². The molecule has 4 rings (SSSR count). The summed E-state index contributed by atoms with van der Waals surface area (Å²) in [5.74, 6) is 2.92. The zero-order chi connectivity index (χ0) is 19.3. The molecule has 28 heavy (non-hydrogen) atoms. The van der Waals surface area contributed by atoms with E-state index in [1.54, 1.807) is 0 Å². The molecule has 0 amide bonds. The minimum absolute atomic E-state index is 0.618. The van der Waals surface area contributed by atoms with E-state index in [1.807, 2.05) is 44.2 Å². The fraction of sp³-hybridized carbons (Fsp3) is 0.364. The van der Waals surface area contributed by atoms with E-state index in [4.69, 9.17) is 14.0 Å². The van der Waals surface area contributed by atoms with E-state index < -0.39 is 0 Å². The van der Waals surface area contributed by atoms with Crippen LogP contribution in [0, 0.1) is 0 Å². The molecule has 3 aromatic rings. The Balaban J connectivity index is 1.48. The summed E-state index contributed by atoms with van der Waals surface area (Å²) in [6, 6.07) is 14.1. The Morgan fingerprint density at radius 3 is 2.43 bits per heavy atom. The molecule has 0 atom stereocenters. The summed E-state index contributed by atoms with van der Waals surface area (Å²) in [5, 5.41) is 4.12. The lowest BCUT2D eigenvalue weighted by atomic mass is 9.99. The maximum absolute atomic E-state index is 5.78. The van der Waals surface area contributed by atoms with Crippen LogP contribution in [0.3, 0.4) is 0 Å². The first kappa shape index (κ1) is 18.5. The van der Waals surface area contributed by atoms with Gasteiger partial charge in [-0.05, 0) is 43.5 Å². The second-order valence-corrected chi connectivity index (χ2v) is 6.77. The SMILES string of the molecule is CCOc1cc2c(cc1OCC)CN(Cc1nc(-c3ccccc3)no1)CC2. The predicted octanol–water partition coefficient (Wildman–Crippen LogP) is 4.09. The van der Waals surface area contributed by atoms with Gasteiger partial charge in [-0.2, -0.15) is 4.98 Å². The van der Waals surface area contributed by atoms with E-state index in [1.165, 1.54) is 11.1 Å². The normalized spacial score (nSPS) is 13.9. The third kappa shape index (κ3) is 4.02. The molecule has 0 spiro atoms. The van der Waals surface area contributed by atoms with Crippen LogP contribution < -0.4 is 9.47 Å². The number of benzene rings is 2. The lowest BCUT2D eigenvalue weighted by Gasteiger charge is -2.28.